The number of carbonyl (C=O) groups is 2. The van der Waals surface area contributed by atoms with E-state index >= 15 is 0 Å². The van der Waals surface area contributed by atoms with Gasteiger partial charge in [-0.15, -0.1) is 0 Å². The second-order valence-corrected chi connectivity index (χ2v) is 6.89. The van der Waals surface area contributed by atoms with Crippen molar-refractivity contribution < 1.29 is 28.2 Å². The number of carbonyl (C=O) groups excluding carboxylic acids is 1. The van der Waals surface area contributed by atoms with Crippen molar-refractivity contribution >= 4 is 12.1 Å². The fourth-order valence-corrected chi connectivity index (χ4v) is 3.59. The monoisotopic (exact) mass is 413 g/mol. The summed E-state index contributed by atoms with van der Waals surface area (Å²) in [7, 11) is 1.29. The van der Waals surface area contributed by atoms with Crippen LogP contribution in [-0.4, -0.2) is 39.0 Å². The summed E-state index contributed by atoms with van der Waals surface area (Å²) in [6.07, 6.45) is -1.10. The minimum absolute atomic E-state index is 0.0546. The SMILES string of the molecule is COC(=O)c1cccc(Cn2nc3c(c2-c2ccc(F)cc2F)CN(C(=O)O)C3)c1. The molecule has 1 aromatic heterocycles. The third kappa shape index (κ3) is 3.49. The maximum Gasteiger partial charge on any atom is 0.407 e. The maximum absolute atomic E-state index is 14.6. The molecule has 154 valence electrons. The van der Waals surface area contributed by atoms with Gasteiger partial charge in [0.15, 0.2) is 0 Å². The molecular weight excluding hydrogens is 396 g/mol. The molecule has 0 saturated carbocycles. The Kier molecular flexibility index (Phi) is 4.94. The number of hydrogen-bond donors (Lipinski definition) is 1. The van der Waals surface area contributed by atoms with Gasteiger partial charge in [0.25, 0.3) is 0 Å². The van der Waals surface area contributed by atoms with Gasteiger partial charge >= 0.3 is 12.1 Å². The van der Waals surface area contributed by atoms with E-state index in [1.54, 1.807) is 28.9 Å². The van der Waals surface area contributed by atoms with Crippen molar-refractivity contribution in [3.8, 4) is 11.3 Å². The normalized spacial score (nSPS) is 12.7. The molecule has 0 bridgehead atoms. The number of benzene rings is 2. The van der Waals surface area contributed by atoms with Gasteiger partial charge < -0.3 is 9.84 Å². The largest absolute Gasteiger partial charge is 0.465 e. The van der Waals surface area contributed by atoms with Crippen LogP contribution in [0.5, 0.6) is 0 Å². The molecule has 1 amide bonds. The van der Waals surface area contributed by atoms with Crippen molar-refractivity contribution in [3.63, 3.8) is 0 Å². The molecule has 0 unspecified atom stereocenters. The highest BCUT2D eigenvalue weighted by atomic mass is 19.1. The third-order valence-corrected chi connectivity index (χ3v) is 4.96. The number of ether oxygens (including phenoxy) is 1. The van der Waals surface area contributed by atoms with Crippen LogP contribution < -0.4 is 0 Å². The van der Waals surface area contributed by atoms with Crippen LogP contribution in [0.15, 0.2) is 42.5 Å². The molecule has 2 aromatic carbocycles. The lowest BCUT2D eigenvalue weighted by Gasteiger charge is -2.15. The van der Waals surface area contributed by atoms with Gasteiger partial charge in [0, 0.05) is 17.2 Å². The Bertz CT molecular complexity index is 1160. The first kappa shape index (κ1) is 19.6. The van der Waals surface area contributed by atoms with Crippen molar-refractivity contribution in [1.29, 1.82) is 0 Å². The second-order valence-electron chi connectivity index (χ2n) is 6.89. The Morgan fingerprint density at radius 1 is 1.17 bits per heavy atom. The zero-order valence-electron chi connectivity index (χ0n) is 15.9. The van der Waals surface area contributed by atoms with E-state index in [1.165, 1.54) is 18.1 Å². The zero-order valence-corrected chi connectivity index (χ0v) is 15.9. The molecule has 9 heteroatoms. The number of halogens is 2. The van der Waals surface area contributed by atoms with Crippen LogP contribution in [-0.2, 0) is 24.4 Å². The lowest BCUT2D eigenvalue weighted by atomic mass is 10.1. The standard InChI is InChI=1S/C21H17F2N3O4/c1-30-20(27)13-4-2-3-12(7-13)9-26-19(15-6-5-14(22)8-17(15)23)16-10-25(21(28)29)11-18(16)24-26/h2-8H,9-11H2,1H3,(H,28,29). The van der Waals surface area contributed by atoms with Crippen LogP contribution >= 0.6 is 0 Å². The van der Waals surface area contributed by atoms with Crippen molar-refractivity contribution in [2.24, 2.45) is 0 Å². The fourth-order valence-electron chi connectivity index (χ4n) is 3.59. The van der Waals surface area contributed by atoms with Crippen LogP contribution in [0.4, 0.5) is 13.6 Å². The Morgan fingerprint density at radius 3 is 2.67 bits per heavy atom. The average molecular weight is 413 g/mol. The molecule has 3 aromatic rings. The molecule has 0 spiro atoms. The quantitative estimate of drug-likeness (QED) is 0.660. The smallest absolute Gasteiger partial charge is 0.407 e. The van der Waals surface area contributed by atoms with Gasteiger partial charge in [-0.25, -0.2) is 18.4 Å². The predicted molar refractivity (Wildman–Crippen MR) is 102 cm³/mol. The van der Waals surface area contributed by atoms with Gasteiger partial charge in [-0.3, -0.25) is 9.58 Å². The number of nitrogens with zero attached hydrogens (tertiary/aromatic N) is 3. The van der Waals surface area contributed by atoms with E-state index in [0.29, 0.717) is 22.5 Å². The van der Waals surface area contributed by atoms with E-state index in [2.05, 4.69) is 5.10 Å². The lowest BCUT2D eigenvalue weighted by Crippen LogP contribution is -2.24. The Hall–Kier alpha value is -3.75. The van der Waals surface area contributed by atoms with Gasteiger partial charge in [-0.2, -0.15) is 5.10 Å². The van der Waals surface area contributed by atoms with Crippen molar-refractivity contribution in [2.45, 2.75) is 19.6 Å². The summed E-state index contributed by atoms with van der Waals surface area (Å²) in [5, 5.41) is 13.8. The second kappa shape index (κ2) is 7.58. The molecule has 1 N–H and O–H groups in total. The predicted octanol–water partition coefficient (Wildman–Crippen LogP) is 3.66. The van der Waals surface area contributed by atoms with Gasteiger partial charge in [-0.05, 0) is 29.8 Å². The van der Waals surface area contributed by atoms with E-state index in [1.807, 2.05) is 0 Å². The number of hydrogen-bond acceptors (Lipinski definition) is 4. The van der Waals surface area contributed by atoms with Crippen molar-refractivity contribution in [2.75, 3.05) is 7.11 Å². The Morgan fingerprint density at radius 2 is 1.97 bits per heavy atom. The topological polar surface area (TPSA) is 84.7 Å². The van der Waals surface area contributed by atoms with Gasteiger partial charge in [0.1, 0.15) is 11.6 Å². The van der Waals surface area contributed by atoms with Crippen LogP contribution in [0.3, 0.4) is 0 Å². The Balaban J connectivity index is 1.79. The van der Waals surface area contributed by atoms with Crippen LogP contribution in [0.1, 0.15) is 27.2 Å². The summed E-state index contributed by atoms with van der Waals surface area (Å²) in [4.78, 5) is 24.3. The first-order valence-electron chi connectivity index (χ1n) is 9.06. The highest BCUT2D eigenvalue weighted by Crippen LogP contribution is 2.35. The highest BCUT2D eigenvalue weighted by Gasteiger charge is 2.31. The molecule has 7 nitrogen and oxygen atoms in total. The first-order chi connectivity index (χ1) is 14.4. The number of fused-ring (bicyclic) bond motifs is 1. The lowest BCUT2D eigenvalue weighted by molar-refractivity contribution is 0.0600. The fraction of sp³-hybridized carbons (Fsp3) is 0.190. The van der Waals surface area contributed by atoms with Crippen LogP contribution in [0.25, 0.3) is 11.3 Å². The van der Waals surface area contributed by atoms with E-state index in [-0.39, 0.29) is 25.2 Å². The molecule has 1 aliphatic rings. The number of aromatic nitrogens is 2. The molecule has 0 radical (unpaired) electrons. The third-order valence-electron chi connectivity index (χ3n) is 4.96. The number of carboxylic acid groups (broad SMARTS) is 1. The summed E-state index contributed by atoms with van der Waals surface area (Å²) < 4.78 is 34.3. The van der Waals surface area contributed by atoms with Crippen LogP contribution in [0, 0.1) is 11.6 Å². The number of esters is 1. The average Bonchev–Trinajstić information content (AvgIpc) is 3.26. The van der Waals surface area contributed by atoms with Gasteiger partial charge in [0.05, 0.1) is 43.7 Å². The van der Waals surface area contributed by atoms with Gasteiger partial charge in [0.2, 0.25) is 0 Å². The van der Waals surface area contributed by atoms with E-state index < -0.39 is 23.7 Å². The molecule has 0 aliphatic carbocycles. The van der Waals surface area contributed by atoms with E-state index in [0.717, 1.165) is 17.7 Å². The summed E-state index contributed by atoms with van der Waals surface area (Å²) in [5.74, 6) is -1.96. The van der Waals surface area contributed by atoms with Crippen molar-refractivity contribution in [3.05, 3.63) is 76.5 Å². The molecule has 2 heterocycles. The number of amides is 1. The van der Waals surface area contributed by atoms with E-state index in [9.17, 15) is 23.5 Å². The summed E-state index contributed by atoms with van der Waals surface area (Å²) in [6, 6.07) is 9.98. The van der Waals surface area contributed by atoms with Gasteiger partial charge in [-0.1, -0.05) is 12.1 Å². The van der Waals surface area contributed by atoms with Crippen LogP contribution in [0.2, 0.25) is 0 Å². The first-order valence-corrected chi connectivity index (χ1v) is 9.06. The van der Waals surface area contributed by atoms with E-state index in [4.69, 9.17) is 4.74 Å². The minimum Gasteiger partial charge on any atom is -0.465 e. The summed E-state index contributed by atoms with van der Waals surface area (Å²) in [5.41, 5.74) is 2.68. The zero-order chi connectivity index (χ0) is 21.4. The molecule has 1 aliphatic heterocycles. The minimum atomic E-state index is -1.10. The number of methoxy groups -OCH3 is 1. The molecule has 0 atom stereocenters. The Labute approximate surface area is 170 Å². The maximum atomic E-state index is 14.6. The number of rotatable bonds is 4. The van der Waals surface area contributed by atoms with Crippen molar-refractivity contribution in [1.82, 2.24) is 14.7 Å². The highest BCUT2D eigenvalue weighted by molar-refractivity contribution is 5.89. The summed E-state index contributed by atoms with van der Waals surface area (Å²) in [6.45, 7) is 0.339. The molecular formula is C21H17F2N3O4. The summed E-state index contributed by atoms with van der Waals surface area (Å²) >= 11 is 0. The molecule has 30 heavy (non-hydrogen) atoms. The molecule has 0 saturated heterocycles. The molecule has 0 fully saturated rings. The molecule has 4 rings (SSSR count).